The molecular weight excluding hydrogens is 126 g/mol. The van der Waals surface area contributed by atoms with E-state index in [4.69, 9.17) is 5.73 Å². The molecule has 0 amide bonds. The van der Waals surface area contributed by atoms with Gasteiger partial charge in [-0.05, 0) is 13.3 Å². The van der Waals surface area contributed by atoms with Gasteiger partial charge < -0.3 is 17.2 Å². The van der Waals surface area contributed by atoms with Crippen molar-refractivity contribution in [3.05, 3.63) is 11.9 Å². The number of hydrogen-bond acceptors (Lipinski definition) is 3. The second-order valence-electron chi connectivity index (χ2n) is 2.20. The van der Waals surface area contributed by atoms with E-state index in [-0.39, 0.29) is 6.15 Å². The van der Waals surface area contributed by atoms with Gasteiger partial charge in [0.25, 0.3) is 0 Å². The molecule has 0 aliphatic rings. The maximum atomic E-state index is 5.37. The number of hydrogen-bond donors (Lipinski definition) is 3. The first-order valence-electron chi connectivity index (χ1n) is 3.43. The molecule has 0 aromatic heterocycles. The van der Waals surface area contributed by atoms with E-state index in [9.17, 15) is 0 Å². The van der Waals surface area contributed by atoms with Crippen molar-refractivity contribution in [3.8, 4) is 0 Å². The van der Waals surface area contributed by atoms with Crippen molar-refractivity contribution >= 4 is 0 Å². The van der Waals surface area contributed by atoms with E-state index in [1.54, 1.807) is 0 Å². The Hall–Kier alpha value is -0.700. The monoisotopic (exact) mass is 145 g/mol. The topological polar surface area (TPSA) is 73.0 Å². The maximum absolute atomic E-state index is 5.37. The van der Waals surface area contributed by atoms with E-state index in [0.29, 0.717) is 0 Å². The van der Waals surface area contributed by atoms with Gasteiger partial charge in [-0.3, -0.25) is 0 Å². The fraction of sp³-hybridized carbons (Fsp3) is 0.714. The van der Waals surface area contributed by atoms with Crippen molar-refractivity contribution in [1.82, 2.24) is 11.5 Å². The zero-order valence-corrected chi connectivity index (χ0v) is 6.98. The molecule has 62 valence electrons. The molecule has 3 nitrogen and oxygen atoms in total. The van der Waals surface area contributed by atoms with Gasteiger partial charge in [0.1, 0.15) is 0 Å². The number of nitrogens with one attached hydrogen (secondary N) is 1. The molecule has 0 saturated carbocycles. The molecule has 6 N–H and O–H groups in total. The Bertz CT molecular complexity index is 84.9. The van der Waals surface area contributed by atoms with E-state index in [2.05, 4.69) is 12.2 Å². The highest BCUT2D eigenvalue weighted by Crippen LogP contribution is 1.82. The number of unbranched alkanes of at least 4 members (excludes halogenated alkanes) is 1. The summed E-state index contributed by atoms with van der Waals surface area (Å²) in [5, 5.41) is 3.10. The maximum Gasteiger partial charge on any atom is 0.0208 e. The second kappa shape index (κ2) is 8.30. The summed E-state index contributed by atoms with van der Waals surface area (Å²) in [5.74, 6) is 0. The first kappa shape index (κ1) is 12.0. The van der Waals surface area contributed by atoms with Gasteiger partial charge in [-0.2, -0.15) is 0 Å². The molecule has 0 saturated heterocycles. The van der Waals surface area contributed by atoms with Gasteiger partial charge in [0.2, 0.25) is 0 Å². The second-order valence-corrected chi connectivity index (χ2v) is 2.20. The molecule has 10 heavy (non-hydrogen) atoms. The number of rotatable bonds is 4. The molecule has 0 aliphatic heterocycles. The van der Waals surface area contributed by atoms with E-state index in [0.717, 1.165) is 12.2 Å². The SMILES string of the molecule is CCCCN/C=C(/C)N.N. The van der Waals surface area contributed by atoms with Crippen LogP contribution in [0.3, 0.4) is 0 Å². The summed E-state index contributed by atoms with van der Waals surface area (Å²) < 4.78 is 0. The third-order valence-corrected chi connectivity index (χ3v) is 1.00. The average Bonchev–Trinajstić information content (AvgIpc) is 1.80. The lowest BCUT2D eigenvalue weighted by atomic mass is 10.3. The molecule has 0 aromatic carbocycles. The minimum Gasteiger partial charge on any atom is -0.401 e. The molecule has 0 radical (unpaired) electrons. The standard InChI is InChI=1S/C7H16N2.H3N/c1-3-4-5-9-6-7(2)8;/h6,9H,3-5,8H2,1-2H3;1H3/b7-6-;. The van der Waals surface area contributed by atoms with Crippen LogP contribution in [0.4, 0.5) is 0 Å². The normalized spacial score (nSPS) is 10.4. The molecule has 0 fully saturated rings. The largest absolute Gasteiger partial charge is 0.401 e. The van der Waals surface area contributed by atoms with Crippen LogP contribution in [0.1, 0.15) is 26.7 Å². The van der Waals surface area contributed by atoms with E-state index in [1.165, 1.54) is 12.8 Å². The first-order chi connectivity index (χ1) is 4.27. The Kier molecular flexibility index (Phi) is 9.98. The third-order valence-electron chi connectivity index (χ3n) is 1.00. The zero-order chi connectivity index (χ0) is 7.11. The lowest BCUT2D eigenvalue weighted by Crippen LogP contribution is -2.09. The molecule has 0 spiro atoms. The Morgan fingerprint density at radius 3 is 2.60 bits per heavy atom. The van der Waals surface area contributed by atoms with E-state index >= 15 is 0 Å². The van der Waals surface area contributed by atoms with Gasteiger partial charge in [0.05, 0.1) is 0 Å². The summed E-state index contributed by atoms with van der Waals surface area (Å²) in [6, 6.07) is 0. The van der Waals surface area contributed by atoms with Gasteiger partial charge in [-0.25, -0.2) is 0 Å². The van der Waals surface area contributed by atoms with Gasteiger partial charge in [-0.15, -0.1) is 0 Å². The van der Waals surface area contributed by atoms with Crippen molar-refractivity contribution in [1.29, 1.82) is 0 Å². The Morgan fingerprint density at radius 2 is 2.20 bits per heavy atom. The molecule has 3 heteroatoms. The van der Waals surface area contributed by atoms with Crippen LogP contribution < -0.4 is 17.2 Å². The van der Waals surface area contributed by atoms with Crippen molar-refractivity contribution in [2.24, 2.45) is 5.73 Å². The highest BCUT2D eigenvalue weighted by molar-refractivity contribution is 4.88. The van der Waals surface area contributed by atoms with Crippen LogP contribution in [0.25, 0.3) is 0 Å². The van der Waals surface area contributed by atoms with Crippen molar-refractivity contribution in [3.63, 3.8) is 0 Å². The fourth-order valence-corrected chi connectivity index (χ4v) is 0.512. The Balaban J connectivity index is 0. The van der Waals surface area contributed by atoms with Crippen LogP contribution in [-0.4, -0.2) is 6.54 Å². The lowest BCUT2D eigenvalue weighted by molar-refractivity contribution is 0.731. The third kappa shape index (κ3) is 10.3. The smallest absolute Gasteiger partial charge is 0.0208 e. The first-order valence-corrected chi connectivity index (χ1v) is 3.43. The van der Waals surface area contributed by atoms with Crippen LogP contribution in [0.2, 0.25) is 0 Å². The van der Waals surface area contributed by atoms with Gasteiger partial charge in [0.15, 0.2) is 0 Å². The predicted molar refractivity (Wildman–Crippen MR) is 45.9 cm³/mol. The highest BCUT2D eigenvalue weighted by Gasteiger charge is 1.78. The predicted octanol–water partition coefficient (Wildman–Crippen LogP) is 1.36. The molecule has 0 rings (SSSR count). The van der Waals surface area contributed by atoms with Crippen molar-refractivity contribution < 1.29 is 0 Å². The number of nitrogens with two attached hydrogens (primary N) is 1. The van der Waals surface area contributed by atoms with Gasteiger partial charge in [0, 0.05) is 18.4 Å². The quantitative estimate of drug-likeness (QED) is 0.523. The molecule has 0 heterocycles. The zero-order valence-electron chi connectivity index (χ0n) is 6.98. The molecule has 0 unspecified atom stereocenters. The van der Waals surface area contributed by atoms with Crippen LogP contribution >= 0.6 is 0 Å². The molecular formula is C7H19N3. The van der Waals surface area contributed by atoms with Gasteiger partial charge >= 0.3 is 0 Å². The molecule has 0 aromatic rings. The summed E-state index contributed by atoms with van der Waals surface area (Å²) in [4.78, 5) is 0. The van der Waals surface area contributed by atoms with E-state index in [1.807, 2.05) is 13.1 Å². The minimum absolute atomic E-state index is 0. The summed E-state index contributed by atoms with van der Waals surface area (Å²) in [6.07, 6.45) is 4.28. The van der Waals surface area contributed by atoms with Crippen LogP contribution in [0.5, 0.6) is 0 Å². The summed E-state index contributed by atoms with van der Waals surface area (Å²) in [5.41, 5.74) is 6.21. The summed E-state index contributed by atoms with van der Waals surface area (Å²) >= 11 is 0. The van der Waals surface area contributed by atoms with Gasteiger partial charge in [-0.1, -0.05) is 13.3 Å². The van der Waals surface area contributed by atoms with Crippen molar-refractivity contribution in [2.45, 2.75) is 26.7 Å². The van der Waals surface area contributed by atoms with Crippen LogP contribution in [0.15, 0.2) is 11.9 Å². The molecule has 0 bridgehead atoms. The summed E-state index contributed by atoms with van der Waals surface area (Å²) in [6.45, 7) is 5.07. The fourth-order valence-electron chi connectivity index (χ4n) is 0.512. The summed E-state index contributed by atoms with van der Waals surface area (Å²) in [7, 11) is 0. The van der Waals surface area contributed by atoms with E-state index < -0.39 is 0 Å². The molecule has 0 aliphatic carbocycles. The van der Waals surface area contributed by atoms with Crippen molar-refractivity contribution in [2.75, 3.05) is 6.54 Å². The minimum atomic E-state index is 0. The Morgan fingerprint density at radius 1 is 1.60 bits per heavy atom. The Labute approximate surface area is 63.3 Å². The molecule has 0 atom stereocenters. The van der Waals surface area contributed by atoms with Crippen LogP contribution in [0, 0.1) is 0 Å². The number of allylic oxidation sites excluding steroid dienone is 1. The van der Waals surface area contributed by atoms with Crippen LogP contribution in [-0.2, 0) is 0 Å². The highest BCUT2D eigenvalue weighted by atomic mass is 14.8. The lowest BCUT2D eigenvalue weighted by Gasteiger charge is -1.97. The average molecular weight is 145 g/mol.